The summed E-state index contributed by atoms with van der Waals surface area (Å²) < 4.78 is 39.1. The van der Waals surface area contributed by atoms with Crippen LogP contribution in [0.2, 0.25) is 0 Å². The van der Waals surface area contributed by atoms with Gasteiger partial charge < -0.3 is 4.90 Å². The fourth-order valence-corrected chi connectivity index (χ4v) is 2.27. The molecule has 0 radical (unpaired) electrons. The van der Waals surface area contributed by atoms with E-state index in [1.54, 1.807) is 0 Å². The molecular formula is C13H13ClF3NO. The average Bonchev–Trinajstić information content (AvgIpc) is 2.31. The highest BCUT2D eigenvalue weighted by molar-refractivity contribution is 6.18. The number of hydrogen-bond donors (Lipinski definition) is 0. The van der Waals surface area contributed by atoms with Crippen molar-refractivity contribution < 1.29 is 18.0 Å². The second-order valence-electron chi connectivity index (χ2n) is 4.53. The Kier molecular flexibility index (Phi) is 4.34. The van der Waals surface area contributed by atoms with Crippen molar-refractivity contribution in [1.82, 2.24) is 4.90 Å². The van der Waals surface area contributed by atoms with E-state index in [9.17, 15) is 18.0 Å². The van der Waals surface area contributed by atoms with Gasteiger partial charge in [0.1, 0.15) is 0 Å². The Balaban J connectivity index is 2.25. The fourth-order valence-electron chi connectivity index (χ4n) is 2.08. The lowest BCUT2D eigenvalue weighted by atomic mass is 9.91. The summed E-state index contributed by atoms with van der Waals surface area (Å²) in [7, 11) is 0. The van der Waals surface area contributed by atoms with Crippen molar-refractivity contribution >= 4 is 17.5 Å². The number of benzene rings is 1. The van der Waals surface area contributed by atoms with Gasteiger partial charge in [0.15, 0.2) is 17.5 Å². The summed E-state index contributed by atoms with van der Waals surface area (Å²) in [6, 6.07) is 1.50. The van der Waals surface area contributed by atoms with Crippen LogP contribution >= 0.6 is 11.6 Å². The van der Waals surface area contributed by atoms with E-state index in [-0.39, 0.29) is 17.5 Å². The van der Waals surface area contributed by atoms with Crippen LogP contribution in [0, 0.1) is 17.5 Å². The zero-order valence-corrected chi connectivity index (χ0v) is 10.9. The smallest absolute Gasteiger partial charge is 0.254 e. The van der Waals surface area contributed by atoms with Crippen LogP contribution in [0.1, 0.15) is 29.6 Å². The summed E-state index contributed by atoms with van der Waals surface area (Å²) in [5.74, 6) is -4.55. The third-order valence-corrected chi connectivity index (χ3v) is 3.50. The number of halogens is 4. The van der Waals surface area contributed by atoms with Gasteiger partial charge in [0, 0.05) is 24.0 Å². The molecule has 0 N–H and O–H groups in total. The second-order valence-corrected chi connectivity index (χ2v) is 4.90. The van der Waals surface area contributed by atoms with Gasteiger partial charge in [-0.05, 0) is 31.4 Å². The van der Waals surface area contributed by atoms with Gasteiger partial charge in [-0.2, -0.15) is 0 Å². The highest BCUT2D eigenvalue weighted by Gasteiger charge is 2.29. The van der Waals surface area contributed by atoms with Crippen molar-refractivity contribution in [3.8, 4) is 0 Å². The molecule has 19 heavy (non-hydrogen) atoms. The first-order valence-corrected chi connectivity index (χ1v) is 6.59. The van der Waals surface area contributed by atoms with Crippen LogP contribution in [0.4, 0.5) is 13.2 Å². The summed E-state index contributed by atoms with van der Waals surface area (Å²) in [5.41, 5.74) is -0.187. The minimum Gasteiger partial charge on any atom is -0.334 e. The van der Waals surface area contributed by atoms with Gasteiger partial charge in [-0.3, -0.25) is 4.79 Å². The van der Waals surface area contributed by atoms with Crippen molar-refractivity contribution in [2.45, 2.75) is 25.3 Å². The van der Waals surface area contributed by atoms with Crippen LogP contribution in [0.15, 0.2) is 12.1 Å². The molecule has 1 fully saturated rings. The number of rotatable bonds is 4. The number of carbonyl (C=O) groups is 1. The van der Waals surface area contributed by atoms with Crippen molar-refractivity contribution in [1.29, 1.82) is 0 Å². The van der Waals surface area contributed by atoms with Gasteiger partial charge in [-0.15, -0.1) is 11.6 Å². The molecule has 0 saturated heterocycles. The predicted octanol–water partition coefficient (Wildman–Crippen LogP) is 3.34. The molecule has 1 aliphatic rings. The maximum atomic E-state index is 13.1. The summed E-state index contributed by atoms with van der Waals surface area (Å²) in [6.07, 6.45) is 2.73. The van der Waals surface area contributed by atoms with Crippen LogP contribution in [-0.2, 0) is 0 Å². The largest absolute Gasteiger partial charge is 0.334 e. The lowest BCUT2D eigenvalue weighted by molar-refractivity contribution is 0.0596. The normalized spacial score (nSPS) is 15.2. The predicted molar refractivity (Wildman–Crippen MR) is 65.7 cm³/mol. The fraction of sp³-hybridized carbons (Fsp3) is 0.462. The molecule has 104 valence electrons. The third kappa shape index (κ3) is 2.86. The molecule has 0 atom stereocenters. The molecule has 6 heteroatoms. The molecule has 1 aliphatic carbocycles. The van der Waals surface area contributed by atoms with Crippen LogP contribution < -0.4 is 0 Å². The first kappa shape index (κ1) is 14.2. The first-order chi connectivity index (χ1) is 9.04. The van der Waals surface area contributed by atoms with E-state index in [1.807, 2.05) is 0 Å². The monoisotopic (exact) mass is 291 g/mol. The standard InChI is InChI=1S/C13H13ClF3NO/c14-4-5-18(9-2-1-3-9)13(19)8-6-10(15)12(17)11(16)7-8/h6-7,9H,1-5H2. The Morgan fingerprint density at radius 1 is 1.26 bits per heavy atom. The van der Waals surface area contributed by atoms with E-state index in [0.29, 0.717) is 6.54 Å². The quantitative estimate of drug-likeness (QED) is 0.615. The summed E-state index contributed by atoms with van der Waals surface area (Å²) in [5, 5.41) is 0. The Morgan fingerprint density at radius 3 is 2.26 bits per heavy atom. The molecule has 0 spiro atoms. The van der Waals surface area contributed by atoms with Gasteiger partial charge in [0.25, 0.3) is 5.91 Å². The minimum absolute atomic E-state index is 0.0578. The average molecular weight is 292 g/mol. The SMILES string of the molecule is O=C(c1cc(F)c(F)c(F)c1)N(CCCl)C1CCC1. The Hall–Kier alpha value is -1.23. The number of alkyl halides is 1. The van der Waals surface area contributed by atoms with Crippen LogP contribution in [0.5, 0.6) is 0 Å². The molecule has 1 aromatic carbocycles. The number of amides is 1. The summed E-state index contributed by atoms with van der Waals surface area (Å²) >= 11 is 5.64. The Labute approximate surface area is 114 Å². The number of nitrogens with zero attached hydrogens (tertiary/aromatic N) is 1. The molecule has 0 aliphatic heterocycles. The summed E-state index contributed by atoms with van der Waals surface area (Å²) in [4.78, 5) is 13.7. The van der Waals surface area contributed by atoms with E-state index in [1.165, 1.54) is 4.90 Å². The van der Waals surface area contributed by atoms with E-state index in [4.69, 9.17) is 11.6 Å². The van der Waals surface area contributed by atoms with Crippen molar-refractivity contribution in [2.24, 2.45) is 0 Å². The van der Waals surface area contributed by atoms with E-state index in [0.717, 1.165) is 31.4 Å². The van der Waals surface area contributed by atoms with Gasteiger partial charge in [0.05, 0.1) is 0 Å². The molecule has 1 amide bonds. The van der Waals surface area contributed by atoms with E-state index in [2.05, 4.69) is 0 Å². The maximum Gasteiger partial charge on any atom is 0.254 e. The maximum absolute atomic E-state index is 13.1. The topological polar surface area (TPSA) is 20.3 Å². The van der Waals surface area contributed by atoms with Crippen LogP contribution in [-0.4, -0.2) is 29.3 Å². The van der Waals surface area contributed by atoms with Crippen molar-refractivity contribution in [3.05, 3.63) is 35.1 Å². The highest BCUT2D eigenvalue weighted by atomic mass is 35.5. The van der Waals surface area contributed by atoms with Crippen molar-refractivity contribution in [2.75, 3.05) is 12.4 Å². The molecule has 0 bridgehead atoms. The molecule has 0 unspecified atom stereocenters. The van der Waals surface area contributed by atoms with E-state index < -0.39 is 23.4 Å². The molecule has 0 heterocycles. The van der Waals surface area contributed by atoms with Gasteiger partial charge in [-0.1, -0.05) is 0 Å². The summed E-state index contributed by atoms with van der Waals surface area (Å²) in [6.45, 7) is 0.311. The van der Waals surface area contributed by atoms with Gasteiger partial charge in [0.2, 0.25) is 0 Å². The van der Waals surface area contributed by atoms with E-state index >= 15 is 0 Å². The lowest BCUT2D eigenvalue weighted by Gasteiger charge is -2.37. The van der Waals surface area contributed by atoms with Gasteiger partial charge in [-0.25, -0.2) is 13.2 Å². The molecule has 2 nitrogen and oxygen atoms in total. The molecular weight excluding hydrogens is 279 g/mol. The van der Waals surface area contributed by atoms with Crippen LogP contribution in [0.3, 0.4) is 0 Å². The van der Waals surface area contributed by atoms with Crippen molar-refractivity contribution in [3.63, 3.8) is 0 Å². The third-order valence-electron chi connectivity index (χ3n) is 3.33. The first-order valence-electron chi connectivity index (χ1n) is 6.06. The highest BCUT2D eigenvalue weighted by Crippen LogP contribution is 2.26. The Bertz CT molecular complexity index is 468. The van der Waals surface area contributed by atoms with Gasteiger partial charge >= 0.3 is 0 Å². The number of hydrogen-bond acceptors (Lipinski definition) is 1. The lowest BCUT2D eigenvalue weighted by Crippen LogP contribution is -2.45. The zero-order chi connectivity index (χ0) is 14.0. The molecule has 0 aromatic heterocycles. The second kappa shape index (κ2) is 5.82. The molecule has 1 saturated carbocycles. The number of carbonyl (C=O) groups excluding carboxylic acids is 1. The molecule has 1 aromatic rings. The Morgan fingerprint density at radius 2 is 1.84 bits per heavy atom. The zero-order valence-electron chi connectivity index (χ0n) is 10.1. The minimum atomic E-state index is -1.57. The molecule has 2 rings (SSSR count). The van der Waals surface area contributed by atoms with Crippen LogP contribution in [0.25, 0.3) is 0 Å².